The van der Waals surface area contributed by atoms with Gasteiger partial charge in [0.2, 0.25) is 0 Å². The number of aryl methyl sites for hydroxylation is 1. The summed E-state index contributed by atoms with van der Waals surface area (Å²) in [6.07, 6.45) is 1.43. The van der Waals surface area contributed by atoms with E-state index in [0.29, 0.717) is 12.0 Å². The van der Waals surface area contributed by atoms with Crippen LogP contribution in [0.5, 0.6) is 0 Å². The Morgan fingerprint density at radius 2 is 2.20 bits per heavy atom. The van der Waals surface area contributed by atoms with Crippen LogP contribution in [0.2, 0.25) is 0 Å². The zero-order valence-corrected chi connectivity index (χ0v) is 8.95. The lowest BCUT2D eigenvalue weighted by atomic mass is 10.1. The Bertz CT molecular complexity index is 404. The quantitative estimate of drug-likeness (QED) is 0.451. The average molecular weight is 228 g/mol. The van der Waals surface area contributed by atoms with Gasteiger partial charge in [-0.3, -0.25) is 14.9 Å². The van der Waals surface area contributed by atoms with Crippen LogP contribution in [0.3, 0.4) is 0 Å². The molecule has 0 saturated heterocycles. The third-order valence-corrected chi connectivity index (χ3v) is 2.25. The van der Waals surface area contributed by atoms with Crippen LogP contribution in [-0.2, 0) is 6.42 Å². The molecule has 0 saturated carbocycles. The van der Waals surface area contributed by atoms with Gasteiger partial charge in [0.15, 0.2) is 0 Å². The maximum atomic E-state index is 10.8. The topological polar surface area (TPSA) is 60.2 Å². The van der Waals surface area contributed by atoms with Gasteiger partial charge in [-0.25, -0.2) is 0 Å². The average Bonchev–Trinajstić information content (AvgIpc) is 2.18. The molecule has 80 valence electrons. The second kappa shape index (κ2) is 4.89. The van der Waals surface area contributed by atoms with Gasteiger partial charge in [0.05, 0.1) is 4.92 Å². The molecule has 0 spiro atoms. The van der Waals surface area contributed by atoms with E-state index >= 15 is 0 Å². The third kappa shape index (κ3) is 2.76. The molecular weight excluding hydrogens is 218 g/mol. The highest BCUT2D eigenvalue weighted by atomic mass is 35.5. The van der Waals surface area contributed by atoms with Crippen molar-refractivity contribution in [1.82, 2.24) is 0 Å². The van der Waals surface area contributed by atoms with Gasteiger partial charge in [-0.15, -0.1) is 0 Å². The number of halogens is 1. The summed E-state index contributed by atoms with van der Waals surface area (Å²) in [7, 11) is 0. The first kappa shape index (κ1) is 11.7. The number of benzene rings is 1. The Hall–Kier alpha value is -1.42. The summed E-state index contributed by atoms with van der Waals surface area (Å²) in [5.74, 6) is 0. The fraction of sp³-hybridized carbons (Fsp3) is 0.300. The van der Waals surface area contributed by atoms with Gasteiger partial charge < -0.3 is 0 Å². The highest BCUT2D eigenvalue weighted by Gasteiger charge is 2.15. The van der Waals surface area contributed by atoms with Crippen molar-refractivity contribution in [1.29, 1.82) is 0 Å². The lowest BCUT2D eigenvalue weighted by molar-refractivity contribution is -0.385. The van der Waals surface area contributed by atoms with Crippen LogP contribution in [0.4, 0.5) is 5.69 Å². The highest BCUT2D eigenvalue weighted by Crippen LogP contribution is 2.22. The minimum atomic E-state index is -0.679. The molecule has 5 heteroatoms. The zero-order valence-electron chi connectivity index (χ0n) is 8.20. The molecule has 0 amide bonds. The Morgan fingerprint density at radius 3 is 2.67 bits per heavy atom. The van der Waals surface area contributed by atoms with Crippen LogP contribution < -0.4 is 0 Å². The van der Waals surface area contributed by atoms with E-state index in [2.05, 4.69) is 0 Å². The summed E-state index contributed by atoms with van der Waals surface area (Å²) in [5.41, 5.74) is 0.746. The van der Waals surface area contributed by atoms with Crippen molar-refractivity contribution in [3.8, 4) is 0 Å². The molecule has 0 N–H and O–H groups in total. The first-order valence-corrected chi connectivity index (χ1v) is 4.91. The number of hydrogen-bond acceptors (Lipinski definition) is 3. The van der Waals surface area contributed by atoms with E-state index in [-0.39, 0.29) is 11.3 Å². The van der Waals surface area contributed by atoms with Crippen molar-refractivity contribution in [2.75, 3.05) is 0 Å². The summed E-state index contributed by atoms with van der Waals surface area (Å²) in [4.78, 5) is 21.1. The Balaban J connectivity index is 3.20. The van der Waals surface area contributed by atoms with Gasteiger partial charge in [-0.1, -0.05) is 19.4 Å². The standard InChI is InChI=1S/C10H10ClNO3/c1-2-3-7-4-5-8(10(11)13)6-9(7)12(14)15/h4-6H,2-3H2,1H3. The van der Waals surface area contributed by atoms with Crippen LogP contribution in [0.15, 0.2) is 18.2 Å². The number of nitrogens with zero attached hydrogens (tertiary/aromatic N) is 1. The lowest BCUT2D eigenvalue weighted by Gasteiger charge is -2.02. The number of carbonyl (C=O) groups excluding carboxylic acids is 1. The molecule has 1 rings (SSSR count). The van der Waals surface area contributed by atoms with E-state index in [0.717, 1.165) is 6.42 Å². The molecular formula is C10H10ClNO3. The van der Waals surface area contributed by atoms with Crippen LogP contribution in [-0.4, -0.2) is 10.2 Å². The molecule has 0 aliphatic rings. The summed E-state index contributed by atoms with van der Waals surface area (Å²) in [5, 5.41) is 10.0. The molecule has 0 radical (unpaired) electrons. The molecule has 0 atom stereocenters. The largest absolute Gasteiger partial charge is 0.276 e. The van der Waals surface area contributed by atoms with E-state index in [9.17, 15) is 14.9 Å². The second-order valence-electron chi connectivity index (χ2n) is 3.12. The maximum Gasteiger partial charge on any atom is 0.273 e. The Morgan fingerprint density at radius 1 is 1.53 bits per heavy atom. The first-order valence-electron chi connectivity index (χ1n) is 4.53. The molecule has 0 fully saturated rings. The van der Waals surface area contributed by atoms with Crippen molar-refractivity contribution >= 4 is 22.5 Å². The smallest absolute Gasteiger partial charge is 0.273 e. The van der Waals surface area contributed by atoms with E-state index < -0.39 is 10.2 Å². The van der Waals surface area contributed by atoms with Crippen LogP contribution in [0.25, 0.3) is 0 Å². The zero-order chi connectivity index (χ0) is 11.4. The molecule has 0 bridgehead atoms. The number of hydrogen-bond donors (Lipinski definition) is 0. The number of nitro groups is 1. The molecule has 0 heterocycles. The molecule has 0 unspecified atom stereocenters. The fourth-order valence-corrected chi connectivity index (χ4v) is 1.45. The Labute approximate surface area is 92.0 Å². The molecule has 0 aliphatic carbocycles. The fourth-order valence-electron chi connectivity index (χ4n) is 1.34. The Kier molecular flexibility index (Phi) is 3.80. The van der Waals surface area contributed by atoms with Crippen molar-refractivity contribution in [2.45, 2.75) is 19.8 Å². The molecule has 1 aromatic carbocycles. The van der Waals surface area contributed by atoms with E-state index in [1.165, 1.54) is 12.1 Å². The van der Waals surface area contributed by atoms with Gasteiger partial charge >= 0.3 is 0 Å². The normalized spacial score (nSPS) is 10.0. The van der Waals surface area contributed by atoms with Crippen LogP contribution in [0, 0.1) is 10.1 Å². The first-order chi connectivity index (χ1) is 7.06. The SMILES string of the molecule is CCCc1ccc(C(=O)Cl)cc1[N+](=O)[O-]. The predicted molar refractivity (Wildman–Crippen MR) is 57.3 cm³/mol. The van der Waals surface area contributed by atoms with Gasteiger partial charge in [0, 0.05) is 17.2 Å². The van der Waals surface area contributed by atoms with Crippen LogP contribution >= 0.6 is 11.6 Å². The van der Waals surface area contributed by atoms with E-state index in [1.54, 1.807) is 6.07 Å². The summed E-state index contributed by atoms with van der Waals surface area (Å²) in [6, 6.07) is 4.31. The number of nitro benzene ring substituents is 1. The molecule has 0 aliphatic heterocycles. The lowest BCUT2D eigenvalue weighted by Crippen LogP contribution is -1.98. The number of rotatable bonds is 4. The van der Waals surface area contributed by atoms with Crippen molar-refractivity contribution in [3.05, 3.63) is 39.4 Å². The van der Waals surface area contributed by atoms with E-state index in [1.807, 2.05) is 6.92 Å². The minimum Gasteiger partial charge on any atom is -0.276 e. The molecule has 15 heavy (non-hydrogen) atoms. The van der Waals surface area contributed by atoms with E-state index in [4.69, 9.17) is 11.6 Å². The molecule has 1 aromatic rings. The van der Waals surface area contributed by atoms with Gasteiger partial charge in [0.1, 0.15) is 0 Å². The maximum absolute atomic E-state index is 10.8. The van der Waals surface area contributed by atoms with Gasteiger partial charge in [-0.2, -0.15) is 0 Å². The second-order valence-corrected chi connectivity index (χ2v) is 3.47. The van der Waals surface area contributed by atoms with Gasteiger partial charge in [0.25, 0.3) is 10.9 Å². The van der Waals surface area contributed by atoms with Crippen molar-refractivity contribution in [3.63, 3.8) is 0 Å². The summed E-state index contributed by atoms with van der Waals surface area (Å²) in [6.45, 7) is 1.93. The van der Waals surface area contributed by atoms with Crippen molar-refractivity contribution in [2.24, 2.45) is 0 Å². The summed E-state index contributed by atoms with van der Waals surface area (Å²) >= 11 is 5.25. The van der Waals surface area contributed by atoms with Crippen LogP contribution in [0.1, 0.15) is 29.3 Å². The monoisotopic (exact) mass is 227 g/mol. The predicted octanol–water partition coefficient (Wildman–Crippen LogP) is 2.93. The molecule has 0 aromatic heterocycles. The van der Waals surface area contributed by atoms with Crippen molar-refractivity contribution < 1.29 is 9.72 Å². The third-order valence-electron chi connectivity index (χ3n) is 2.03. The van der Waals surface area contributed by atoms with Gasteiger partial charge in [-0.05, 0) is 24.1 Å². The minimum absolute atomic E-state index is 0.0386. The number of carbonyl (C=O) groups is 1. The summed E-state index contributed by atoms with van der Waals surface area (Å²) < 4.78 is 0. The highest BCUT2D eigenvalue weighted by molar-refractivity contribution is 6.67. The molecule has 4 nitrogen and oxygen atoms in total.